The van der Waals surface area contributed by atoms with Crippen molar-refractivity contribution in [2.45, 2.75) is 6.61 Å². The van der Waals surface area contributed by atoms with Gasteiger partial charge in [-0.1, -0.05) is 24.3 Å². The number of hydrogen-bond donors (Lipinski definition) is 1. The lowest BCUT2D eigenvalue weighted by atomic mass is 10.1. The molecule has 6 heteroatoms. The van der Waals surface area contributed by atoms with Crippen LogP contribution in [0.15, 0.2) is 85.2 Å². The van der Waals surface area contributed by atoms with Crippen LogP contribution in [0, 0.1) is 0 Å². The van der Waals surface area contributed by atoms with Crippen LogP contribution < -0.4 is 4.74 Å². The smallest absolute Gasteiger partial charge is 0.130 e. The predicted octanol–water partition coefficient (Wildman–Crippen LogP) is 4.66. The third kappa shape index (κ3) is 3.55. The van der Waals surface area contributed by atoms with Gasteiger partial charge in [0.15, 0.2) is 0 Å². The number of benzene rings is 2. The zero-order valence-corrected chi connectivity index (χ0v) is 15.5. The highest BCUT2D eigenvalue weighted by Crippen LogP contribution is 2.29. The number of aromatic nitrogens is 5. The van der Waals surface area contributed by atoms with E-state index in [4.69, 9.17) is 4.74 Å². The number of H-pyrrole nitrogens is 1. The van der Waals surface area contributed by atoms with Crippen molar-refractivity contribution < 1.29 is 4.74 Å². The molecule has 0 aliphatic heterocycles. The van der Waals surface area contributed by atoms with Gasteiger partial charge in [-0.05, 0) is 48.5 Å². The van der Waals surface area contributed by atoms with E-state index in [9.17, 15) is 0 Å². The van der Waals surface area contributed by atoms with Crippen molar-refractivity contribution in [2.24, 2.45) is 0 Å². The molecular formula is C23H17N5O. The van der Waals surface area contributed by atoms with Gasteiger partial charge in [0, 0.05) is 22.7 Å². The van der Waals surface area contributed by atoms with E-state index < -0.39 is 0 Å². The molecule has 6 nitrogen and oxygen atoms in total. The van der Waals surface area contributed by atoms with Gasteiger partial charge in [-0.2, -0.15) is 15.3 Å². The lowest BCUT2D eigenvalue weighted by molar-refractivity contribution is 0.302. The van der Waals surface area contributed by atoms with Crippen LogP contribution in [0.1, 0.15) is 5.69 Å². The lowest BCUT2D eigenvalue weighted by Gasteiger charge is -2.08. The zero-order chi connectivity index (χ0) is 19.5. The van der Waals surface area contributed by atoms with Crippen LogP contribution in [-0.4, -0.2) is 25.4 Å². The number of ether oxygens (including phenoxy) is 1. The Bertz CT molecular complexity index is 1250. The molecule has 5 aromatic rings. The molecule has 1 N–H and O–H groups in total. The Morgan fingerprint density at radius 1 is 0.862 bits per heavy atom. The Balaban J connectivity index is 1.32. The maximum atomic E-state index is 5.92. The SMILES string of the molecule is c1cnnc(-c2cn[nH]c2-c2ccc(OCc3ccc4ccccc4n3)cc2)c1. The molecule has 29 heavy (non-hydrogen) atoms. The summed E-state index contributed by atoms with van der Waals surface area (Å²) >= 11 is 0. The topological polar surface area (TPSA) is 76.6 Å². The second kappa shape index (κ2) is 7.52. The molecule has 0 aliphatic rings. The summed E-state index contributed by atoms with van der Waals surface area (Å²) in [4.78, 5) is 4.64. The first kappa shape index (κ1) is 17.1. The van der Waals surface area contributed by atoms with Gasteiger partial charge in [0.1, 0.15) is 12.4 Å². The number of hydrogen-bond acceptors (Lipinski definition) is 5. The second-order valence-electron chi connectivity index (χ2n) is 6.58. The first-order valence-corrected chi connectivity index (χ1v) is 9.26. The van der Waals surface area contributed by atoms with E-state index in [0.29, 0.717) is 6.61 Å². The van der Waals surface area contributed by atoms with E-state index in [1.165, 1.54) is 0 Å². The third-order valence-corrected chi connectivity index (χ3v) is 4.67. The van der Waals surface area contributed by atoms with Crippen molar-refractivity contribution in [3.8, 4) is 28.3 Å². The minimum Gasteiger partial charge on any atom is -0.487 e. The standard InChI is InChI=1S/C23H17N5O/c1-2-5-21-16(4-1)7-10-18(26-21)15-29-19-11-8-17(9-12-19)23-20(14-25-28-23)22-6-3-13-24-27-22/h1-14H,15H2,(H,25,28). The van der Waals surface area contributed by atoms with Crippen LogP contribution in [0.2, 0.25) is 0 Å². The molecule has 0 bridgehead atoms. The molecule has 0 spiro atoms. The molecule has 5 rings (SSSR count). The Kier molecular flexibility index (Phi) is 4.42. The van der Waals surface area contributed by atoms with Gasteiger partial charge in [-0.25, -0.2) is 4.98 Å². The van der Waals surface area contributed by atoms with E-state index >= 15 is 0 Å². The molecule has 0 saturated carbocycles. The first-order valence-electron chi connectivity index (χ1n) is 9.26. The van der Waals surface area contributed by atoms with Gasteiger partial charge in [0.2, 0.25) is 0 Å². The van der Waals surface area contributed by atoms with E-state index in [1.54, 1.807) is 12.4 Å². The summed E-state index contributed by atoms with van der Waals surface area (Å²) in [6.45, 7) is 0.416. The quantitative estimate of drug-likeness (QED) is 0.481. The van der Waals surface area contributed by atoms with E-state index in [-0.39, 0.29) is 0 Å². The molecular weight excluding hydrogens is 362 g/mol. The van der Waals surface area contributed by atoms with Crippen LogP contribution in [-0.2, 0) is 6.61 Å². The van der Waals surface area contributed by atoms with Crippen LogP contribution >= 0.6 is 0 Å². The summed E-state index contributed by atoms with van der Waals surface area (Å²) in [5.74, 6) is 0.782. The number of aromatic amines is 1. The van der Waals surface area contributed by atoms with Gasteiger partial charge < -0.3 is 4.74 Å². The number of fused-ring (bicyclic) bond motifs is 1. The Morgan fingerprint density at radius 2 is 1.76 bits per heavy atom. The number of nitrogens with zero attached hydrogens (tertiary/aromatic N) is 4. The minimum absolute atomic E-state index is 0.416. The highest BCUT2D eigenvalue weighted by Gasteiger charge is 2.11. The summed E-state index contributed by atoms with van der Waals surface area (Å²) in [5.41, 5.74) is 5.45. The highest BCUT2D eigenvalue weighted by atomic mass is 16.5. The van der Waals surface area contributed by atoms with Crippen molar-refractivity contribution >= 4 is 10.9 Å². The Labute approximate surface area is 167 Å². The molecule has 0 unspecified atom stereocenters. The number of para-hydroxylation sites is 1. The van der Waals surface area contributed by atoms with E-state index in [1.807, 2.05) is 60.7 Å². The fourth-order valence-electron chi connectivity index (χ4n) is 3.21. The fraction of sp³-hybridized carbons (Fsp3) is 0.0435. The maximum absolute atomic E-state index is 5.92. The minimum atomic E-state index is 0.416. The number of nitrogens with one attached hydrogen (secondary N) is 1. The molecule has 3 aromatic heterocycles. The fourth-order valence-corrected chi connectivity index (χ4v) is 3.21. The van der Waals surface area contributed by atoms with Gasteiger partial charge >= 0.3 is 0 Å². The summed E-state index contributed by atoms with van der Waals surface area (Å²) in [5, 5.41) is 16.4. The lowest BCUT2D eigenvalue weighted by Crippen LogP contribution is -1.98. The van der Waals surface area contributed by atoms with Gasteiger partial charge in [-0.15, -0.1) is 0 Å². The molecule has 0 fully saturated rings. The number of pyridine rings is 1. The Hall–Kier alpha value is -4.06. The largest absolute Gasteiger partial charge is 0.487 e. The normalized spacial score (nSPS) is 10.9. The summed E-state index contributed by atoms with van der Waals surface area (Å²) in [7, 11) is 0. The van der Waals surface area contributed by atoms with E-state index in [2.05, 4.69) is 37.5 Å². The molecule has 140 valence electrons. The molecule has 0 amide bonds. The van der Waals surface area contributed by atoms with E-state index in [0.717, 1.165) is 44.9 Å². The third-order valence-electron chi connectivity index (χ3n) is 4.67. The van der Waals surface area contributed by atoms with Crippen LogP contribution in [0.4, 0.5) is 0 Å². The number of rotatable bonds is 5. The zero-order valence-electron chi connectivity index (χ0n) is 15.5. The van der Waals surface area contributed by atoms with Gasteiger partial charge in [0.05, 0.1) is 28.8 Å². The Morgan fingerprint density at radius 3 is 2.62 bits per heavy atom. The summed E-state index contributed by atoms with van der Waals surface area (Å²) in [6, 6.07) is 23.8. The first-order chi connectivity index (χ1) is 14.4. The van der Waals surface area contributed by atoms with Crippen LogP contribution in [0.3, 0.4) is 0 Å². The molecule has 3 heterocycles. The van der Waals surface area contributed by atoms with Crippen molar-refractivity contribution in [3.05, 3.63) is 90.9 Å². The molecule has 2 aromatic carbocycles. The monoisotopic (exact) mass is 379 g/mol. The second-order valence-corrected chi connectivity index (χ2v) is 6.58. The summed E-state index contributed by atoms with van der Waals surface area (Å²) < 4.78 is 5.92. The molecule has 0 atom stereocenters. The van der Waals surface area contributed by atoms with Crippen molar-refractivity contribution in [1.29, 1.82) is 0 Å². The van der Waals surface area contributed by atoms with Crippen molar-refractivity contribution in [3.63, 3.8) is 0 Å². The molecule has 0 radical (unpaired) electrons. The molecule has 0 aliphatic carbocycles. The van der Waals surface area contributed by atoms with Gasteiger partial charge in [-0.3, -0.25) is 5.10 Å². The predicted molar refractivity (Wildman–Crippen MR) is 111 cm³/mol. The maximum Gasteiger partial charge on any atom is 0.130 e. The highest BCUT2D eigenvalue weighted by molar-refractivity contribution is 5.79. The van der Waals surface area contributed by atoms with Crippen LogP contribution in [0.5, 0.6) is 5.75 Å². The summed E-state index contributed by atoms with van der Waals surface area (Å²) in [6.07, 6.45) is 3.41. The van der Waals surface area contributed by atoms with Gasteiger partial charge in [0.25, 0.3) is 0 Å². The average molecular weight is 379 g/mol. The average Bonchev–Trinajstić information content (AvgIpc) is 3.28. The van der Waals surface area contributed by atoms with Crippen LogP contribution in [0.25, 0.3) is 33.4 Å². The molecule has 0 saturated heterocycles. The van der Waals surface area contributed by atoms with Crippen molar-refractivity contribution in [1.82, 2.24) is 25.4 Å². The van der Waals surface area contributed by atoms with Crippen molar-refractivity contribution in [2.75, 3.05) is 0 Å².